The SMILES string of the molecule is O=C1CCC2CN(c3ncc(CO)cn3)CCC2N1. The van der Waals surface area contributed by atoms with Crippen molar-refractivity contribution in [3.8, 4) is 0 Å². The van der Waals surface area contributed by atoms with Gasteiger partial charge in [0.25, 0.3) is 0 Å². The quantitative estimate of drug-likeness (QED) is 0.789. The van der Waals surface area contributed by atoms with E-state index in [1.165, 1.54) is 0 Å². The van der Waals surface area contributed by atoms with E-state index in [-0.39, 0.29) is 12.5 Å². The van der Waals surface area contributed by atoms with Crippen LogP contribution in [0.5, 0.6) is 0 Å². The lowest BCUT2D eigenvalue weighted by Gasteiger charge is -2.41. The second-order valence-electron chi connectivity index (χ2n) is 5.26. The molecule has 6 nitrogen and oxygen atoms in total. The lowest BCUT2D eigenvalue weighted by molar-refractivity contribution is -0.124. The van der Waals surface area contributed by atoms with E-state index in [0.29, 0.717) is 24.3 Å². The van der Waals surface area contributed by atoms with Gasteiger partial charge in [-0.15, -0.1) is 0 Å². The Balaban J connectivity index is 1.68. The monoisotopic (exact) mass is 262 g/mol. The molecule has 0 aromatic carbocycles. The number of hydrogen-bond acceptors (Lipinski definition) is 5. The molecule has 2 atom stereocenters. The van der Waals surface area contributed by atoms with E-state index in [4.69, 9.17) is 5.11 Å². The van der Waals surface area contributed by atoms with Crippen LogP contribution in [0, 0.1) is 5.92 Å². The molecule has 6 heteroatoms. The minimum Gasteiger partial charge on any atom is -0.392 e. The fourth-order valence-electron chi connectivity index (χ4n) is 2.88. The summed E-state index contributed by atoms with van der Waals surface area (Å²) in [6.45, 7) is 1.72. The van der Waals surface area contributed by atoms with Gasteiger partial charge in [-0.3, -0.25) is 4.79 Å². The maximum absolute atomic E-state index is 11.4. The first-order chi connectivity index (χ1) is 9.26. The fraction of sp³-hybridized carbons (Fsp3) is 0.615. The van der Waals surface area contributed by atoms with E-state index in [1.807, 2.05) is 0 Å². The van der Waals surface area contributed by atoms with Crippen LogP contribution in [0.25, 0.3) is 0 Å². The van der Waals surface area contributed by atoms with Gasteiger partial charge in [-0.2, -0.15) is 0 Å². The third-order valence-electron chi connectivity index (χ3n) is 3.98. The van der Waals surface area contributed by atoms with Crippen LogP contribution in [0.2, 0.25) is 0 Å². The number of rotatable bonds is 2. The first kappa shape index (κ1) is 12.3. The van der Waals surface area contributed by atoms with Crippen LogP contribution in [0.1, 0.15) is 24.8 Å². The maximum atomic E-state index is 11.4. The van der Waals surface area contributed by atoms with Gasteiger partial charge in [-0.25, -0.2) is 9.97 Å². The molecule has 0 aliphatic carbocycles. The van der Waals surface area contributed by atoms with Crippen molar-refractivity contribution in [2.45, 2.75) is 31.9 Å². The summed E-state index contributed by atoms with van der Waals surface area (Å²) >= 11 is 0. The molecular weight excluding hydrogens is 244 g/mol. The first-order valence-electron chi connectivity index (χ1n) is 6.72. The predicted octanol–water partition coefficient (Wildman–Crippen LogP) is 0.0738. The standard InChI is InChI=1S/C13H18N4O2/c18-8-9-5-14-13(15-6-9)17-4-3-11-10(7-17)1-2-12(19)16-11/h5-6,10-11,18H,1-4,7-8H2,(H,16,19). The number of carbonyl (C=O) groups excluding carboxylic acids is 1. The Bertz CT molecular complexity index is 462. The van der Waals surface area contributed by atoms with Crippen molar-refractivity contribution in [2.24, 2.45) is 5.92 Å². The molecule has 0 saturated carbocycles. The van der Waals surface area contributed by atoms with Crippen molar-refractivity contribution in [2.75, 3.05) is 18.0 Å². The van der Waals surface area contributed by atoms with Crippen molar-refractivity contribution in [3.05, 3.63) is 18.0 Å². The molecule has 3 heterocycles. The topological polar surface area (TPSA) is 78.4 Å². The number of fused-ring (bicyclic) bond motifs is 1. The Kier molecular flexibility index (Phi) is 3.33. The third-order valence-corrected chi connectivity index (χ3v) is 3.98. The summed E-state index contributed by atoms with van der Waals surface area (Å²) in [6, 6.07) is 0.314. The predicted molar refractivity (Wildman–Crippen MR) is 69.4 cm³/mol. The first-order valence-corrected chi connectivity index (χ1v) is 6.72. The Morgan fingerprint density at radius 2 is 2.16 bits per heavy atom. The van der Waals surface area contributed by atoms with E-state index >= 15 is 0 Å². The lowest BCUT2D eigenvalue weighted by Crippen LogP contribution is -2.54. The molecular formula is C13H18N4O2. The number of anilines is 1. The van der Waals surface area contributed by atoms with Crippen LogP contribution in [0.3, 0.4) is 0 Å². The Labute approximate surface area is 111 Å². The number of nitrogens with one attached hydrogen (secondary N) is 1. The minimum atomic E-state index is -0.0307. The van der Waals surface area contributed by atoms with Gasteiger partial charge >= 0.3 is 0 Å². The largest absolute Gasteiger partial charge is 0.392 e. The number of aliphatic hydroxyl groups is 1. The summed E-state index contributed by atoms with van der Waals surface area (Å²) in [5.41, 5.74) is 0.726. The number of piperidine rings is 2. The molecule has 2 aliphatic rings. The van der Waals surface area contributed by atoms with Gasteiger partial charge in [-0.05, 0) is 18.8 Å². The van der Waals surface area contributed by atoms with Gasteiger partial charge < -0.3 is 15.3 Å². The normalized spacial score (nSPS) is 26.8. The summed E-state index contributed by atoms with van der Waals surface area (Å²) in [7, 11) is 0. The molecule has 2 N–H and O–H groups in total. The molecule has 102 valence electrons. The number of nitrogens with zero attached hydrogens (tertiary/aromatic N) is 3. The van der Waals surface area contributed by atoms with Crippen molar-refractivity contribution in [1.29, 1.82) is 0 Å². The Morgan fingerprint density at radius 3 is 2.89 bits per heavy atom. The number of hydrogen-bond donors (Lipinski definition) is 2. The average Bonchev–Trinajstić information content (AvgIpc) is 2.47. The van der Waals surface area contributed by atoms with Gasteiger partial charge in [0.05, 0.1) is 6.61 Å². The summed E-state index contributed by atoms with van der Waals surface area (Å²) in [5.74, 6) is 1.39. The highest BCUT2D eigenvalue weighted by Gasteiger charge is 2.34. The van der Waals surface area contributed by atoms with E-state index in [1.54, 1.807) is 12.4 Å². The zero-order valence-corrected chi connectivity index (χ0v) is 10.7. The van der Waals surface area contributed by atoms with E-state index in [0.717, 1.165) is 31.5 Å². The van der Waals surface area contributed by atoms with Crippen molar-refractivity contribution in [3.63, 3.8) is 0 Å². The zero-order valence-electron chi connectivity index (χ0n) is 10.7. The van der Waals surface area contributed by atoms with Crippen LogP contribution in [0.4, 0.5) is 5.95 Å². The molecule has 1 amide bonds. The fourth-order valence-corrected chi connectivity index (χ4v) is 2.88. The number of aromatic nitrogens is 2. The Hall–Kier alpha value is -1.69. The van der Waals surface area contributed by atoms with Gasteiger partial charge in [-0.1, -0.05) is 0 Å². The molecule has 2 unspecified atom stereocenters. The summed E-state index contributed by atoms with van der Waals surface area (Å²) in [5, 5.41) is 12.1. The minimum absolute atomic E-state index is 0.0307. The molecule has 19 heavy (non-hydrogen) atoms. The zero-order chi connectivity index (χ0) is 13.2. The summed E-state index contributed by atoms with van der Waals surface area (Å²) in [6.07, 6.45) is 5.84. The molecule has 0 bridgehead atoms. The molecule has 0 radical (unpaired) electrons. The number of aliphatic hydroxyl groups excluding tert-OH is 1. The van der Waals surface area contributed by atoms with Crippen molar-refractivity contribution >= 4 is 11.9 Å². The van der Waals surface area contributed by atoms with Crippen LogP contribution in [0.15, 0.2) is 12.4 Å². The molecule has 3 rings (SSSR count). The molecule has 2 aliphatic heterocycles. The summed E-state index contributed by atoms with van der Waals surface area (Å²) in [4.78, 5) is 22.1. The molecule has 1 aromatic rings. The number of amides is 1. The number of carbonyl (C=O) groups is 1. The van der Waals surface area contributed by atoms with Crippen LogP contribution in [-0.4, -0.2) is 40.1 Å². The van der Waals surface area contributed by atoms with Gasteiger partial charge in [0.15, 0.2) is 0 Å². The highest BCUT2D eigenvalue weighted by Crippen LogP contribution is 2.27. The van der Waals surface area contributed by atoms with E-state index < -0.39 is 0 Å². The van der Waals surface area contributed by atoms with Gasteiger partial charge in [0, 0.05) is 43.5 Å². The molecule has 1 aromatic heterocycles. The molecule has 2 fully saturated rings. The third kappa shape index (κ3) is 2.53. The van der Waals surface area contributed by atoms with E-state index in [2.05, 4.69) is 20.2 Å². The smallest absolute Gasteiger partial charge is 0.225 e. The molecule has 2 saturated heterocycles. The maximum Gasteiger partial charge on any atom is 0.225 e. The lowest BCUT2D eigenvalue weighted by atomic mass is 9.85. The highest BCUT2D eigenvalue weighted by molar-refractivity contribution is 5.77. The van der Waals surface area contributed by atoms with Crippen LogP contribution < -0.4 is 10.2 Å². The van der Waals surface area contributed by atoms with Crippen molar-refractivity contribution in [1.82, 2.24) is 15.3 Å². The van der Waals surface area contributed by atoms with Crippen molar-refractivity contribution < 1.29 is 9.90 Å². The van der Waals surface area contributed by atoms with Gasteiger partial charge in [0.2, 0.25) is 11.9 Å². The highest BCUT2D eigenvalue weighted by atomic mass is 16.3. The second-order valence-corrected chi connectivity index (χ2v) is 5.26. The van der Waals surface area contributed by atoms with E-state index in [9.17, 15) is 4.79 Å². The molecule has 0 spiro atoms. The van der Waals surface area contributed by atoms with Crippen LogP contribution in [-0.2, 0) is 11.4 Å². The average molecular weight is 262 g/mol. The van der Waals surface area contributed by atoms with Crippen LogP contribution >= 0.6 is 0 Å². The second kappa shape index (κ2) is 5.13. The Morgan fingerprint density at radius 1 is 1.37 bits per heavy atom. The summed E-state index contributed by atoms with van der Waals surface area (Å²) < 4.78 is 0. The van der Waals surface area contributed by atoms with Gasteiger partial charge in [0.1, 0.15) is 0 Å².